The summed E-state index contributed by atoms with van der Waals surface area (Å²) in [6, 6.07) is 18.8. The lowest BCUT2D eigenvalue weighted by atomic mass is 10.1. The fraction of sp³-hybridized carbons (Fsp3) is 0.222. The Morgan fingerprint density at radius 2 is 1.02 bits per heavy atom. The third-order valence-corrected chi connectivity index (χ3v) is 11.0. The van der Waals surface area contributed by atoms with Gasteiger partial charge >= 0.3 is 0 Å². The van der Waals surface area contributed by atoms with Gasteiger partial charge in [-0.05, 0) is 73.5 Å². The molecule has 0 bridgehead atoms. The fourth-order valence-corrected chi connectivity index (χ4v) is 8.11. The number of hydrogen-bond donors (Lipinski definition) is 4. The number of aromatic nitrogens is 2. The number of carbonyl (C=O) groups is 2. The van der Waals surface area contributed by atoms with Gasteiger partial charge < -0.3 is 30.1 Å². The summed E-state index contributed by atoms with van der Waals surface area (Å²) in [6.45, 7) is 0.675. The van der Waals surface area contributed by atoms with Crippen molar-refractivity contribution in [1.82, 2.24) is 20.6 Å². The molecule has 6 rings (SSSR count). The average Bonchev–Trinajstić information content (AvgIpc) is 3.64. The Morgan fingerprint density at radius 3 is 1.38 bits per heavy atom. The number of hydrogen-bond acceptors (Lipinski definition) is 10. The lowest BCUT2D eigenvalue weighted by Crippen LogP contribution is -2.38. The van der Waals surface area contributed by atoms with Crippen molar-refractivity contribution in [2.24, 2.45) is 0 Å². The number of benzene rings is 2. The number of amides is 2. The van der Waals surface area contributed by atoms with E-state index in [0.717, 1.165) is 10.8 Å². The minimum absolute atomic E-state index is 0.147. The second-order valence-electron chi connectivity index (χ2n) is 12.1. The maximum absolute atomic E-state index is 12.8. The number of carbonyl (C=O) groups excluding carboxylic acids is 2. The van der Waals surface area contributed by atoms with Gasteiger partial charge in [-0.3, -0.25) is 19.2 Å². The minimum atomic E-state index is -3.36. The minimum Gasteiger partial charge on any atom is -0.493 e. The van der Waals surface area contributed by atoms with E-state index in [2.05, 4.69) is 20.6 Å². The first-order valence-electron chi connectivity index (χ1n) is 16.2. The van der Waals surface area contributed by atoms with E-state index in [-0.39, 0.29) is 22.6 Å². The van der Waals surface area contributed by atoms with Gasteiger partial charge in [-0.1, -0.05) is 24.3 Å². The van der Waals surface area contributed by atoms with Crippen LogP contribution in [0, 0.1) is 0 Å². The number of unbranched alkanes of at least 4 members (excludes halogenated alkanes) is 1. The molecule has 2 aromatic carbocycles. The van der Waals surface area contributed by atoms with E-state index in [4.69, 9.17) is 9.47 Å². The lowest BCUT2D eigenvalue weighted by molar-refractivity contribution is 0.0937. The van der Waals surface area contributed by atoms with E-state index in [1.165, 1.54) is 24.3 Å². The second-order valence-corrected chi connectivity index (χ2v) is 16.0. The third kappa shape index (κ3) is 8.76. The van der Waals surface area contributed by atoms with Gasteiger partial charge in [-0.2, -0.15) is 0 Å². The average molecular weight is 747 g/mol. The number of para-hydroxylation sites is 2. The predicted molar refractivity (Wildman–Crippen MR) is 194 cm³/mol. The standard InChI is InChI=1S/C36H34N4O10S2/c41-33(37-23-15-19-51(45,46)21-23)27-11-13-29(39-35(27)43)25-7-1-3-9-31(25)49-17-5-6-18-50-32-10-4-2-8-26(32)30-14-12-28(36(44)40-30)34(42)38-24-16-20-52(47,48)22-24/h1-4,7-16,19-20,23-24H,5-6,17-18,21-22H2,(H,37,41)(H,38,42)(H,39,43)(H,40,44)/t23-,24-/m1/s1. The molecule has 2 aromatic heterocycles. The molecule has 14 nitrogen and oxygen atoms in total. The van der Waals surface area contributed by atoms with Crippen LogP contribution in [0.4, 0.5) is 0 Å². The highest BCUT2D eigenvalue weighted by Gasteiger charge is 2.26. The van der Waals surface area contributed by atoms with Gasteiger partial charge in [0.05, 0.1) is 48.2 Å². The molecular formula is C36H34N4O10S2. The first-order valence-corrected chi connectivity index (χ1v) is 19.7. The molecule has 4 heterocycles. The summed E-state index contributed by atoms with van der Waals surface area (Å²) < 4.78 is 58.6. The molecule has 270 valence electrons. The van der Waals surface area contributed by atoms with Crippen molar-refractivity contribution in [3.63, 3.8) is 0 Å². The largest absolute Gasteiger partial charge is 0.493 e. The van der Waals surface area contributed by atoms with Crippen molar-refractivity contribution in [3.05, 3.63) is 128 Å². The highest BCUT2D eigenvalue weighted by atomic mass is 32.2. The summed E-state index contributed by atoms with van der Waals surface area (Å²) in [5.41, 5.74) is 0.548. The summed E-state index contributed by atoms with van der Waals surface area (Å²) in [4.78, 5) is 56.3. The van der Waals surface area contributed by atoms with Crippen LogP contribution in [0.1, 0.15) is 33.6 Å². The van der Waals surface area contributed by atoms with E-state index in [1.54, 1.807) is 60.7 Å². The first kappa shape index (κ1) is 36.1. The Balaban J connectivity index is 1.01. The maximum Gasteiger partial charge on any atom is 0.261 e. The number of ether oxygens (including phenoxy) is 2. The van der Waals surface area contributed by atoms with Crippen molar-refractivity contribution in [3.8, 4) is 34.0 Å². The van der Waals surface area contributed by atoms with E-state index in [0.29, 0.717) is 60.1 Å². The third-order valence-electron chi connectivity index (χ3n) is 8.21. The van der Waals surface area contributed by atoms with Crippen LogP contribution in [-0.2, 0) is 19.7 Å². The molecule has 0 fully saturated rings. The molecule has 4 N–H and O–H groups in total. The van der Waals surface area contributed by atoms with E-state index < -0.39 is 54.7 Å². The summed E-state index contributed by atoms with van der Waals surface area (Å²) in [5.74, 6) is -0.824. The monoisotopic (exact) mass is 746 g/mol. The molecule has 0 radical (unpaired) electrons. The zero-order valence-corrected chi connectivity index (χ0v) is 29.2. The summed E-state index contributed by atoms with van der Waals surface area (Å²) >= 11 is 0. The lowest BCUT2D eigenvalue weighted by Gasteiger charge is -2.14. The molecule has 0 spiro atoms. The van der Waals surface area contributed by atoms with E-state index >= 15 is 0 Å². The molecule has 2 amide bonds. The highest BCUT2D eigenvalue weighted by Crippen LogP contribution is 2.29. The molecule has 0 unspecified atom stereocenters. The van der Waals surface area contributed by atoms with Crippen LogP contribution < -0.4 is 31.2 Å². The normalized spacial score (nSPS) is 18.2. The topological polar surface area (TPSA) is 211 Å². The number of pyridine rings is 2. The van der Waals surface area contributed by atoms with Gasteiger partial charge in [0.2, 0.25) is 0 Å². The number of sulfone groups is 2. The van der Waals surface area contributed by atoms with Gasteiger partial charge in [0, 0.05) is 21.9 Å². The van der Waals surface area contributed by atoms with Crippen molar-refractivity contribution in [2.45, 2.75) is 24.9 Å². The molecule has 2 aliphatic heterocycles. The zero-order valence-electron chi connectivity index (χ0n) is 27.5. The molecular weight excluding hydrogens is 713 g/mol. The van der Waals surface area contributed by atoms with Gasteiger partial charge in [-0.15, -0.1) is 0 Å². The SMILES string of the molecule is O=C(N[C@@H]1C=CS(=O)(=O)C1)c1ccc(-c2ccccc2OCCCCOc2ccccc2-c2ccc(C(=O)N[C@@H]3C=CS(=O)(=O)C3)c(=O)[nH]2)[nH]c1=O. The van der Waals surface area contributed by atoms with E-state index in [1.807, 2.05) is 0 Å². The Bertz CT molecular complexity index is 2250. The molecule has 0 saturated carbocycles. The smallest absolute Gasteiger partial charge is 0.261 e. The zero-order chi connectivity index (χ0) is 36.9. The molecule has 2 aliphatic rings. The Hall–Kier alpha value is -5.74. The maximum atomic E-state index is 12.8. The number of nitrogens with one attached hydrogen (secondary N) is 4. The van der Waals surface area contributed by atoms with Crippen LogP contribution in [-0.4, -0.2) is 75.4 Å². The molecule has 0 saturated heterocycles. The number of aromatic amines is 2. The van der Waals surface area contributed by atoms with Gasteiger partial charge in [-0.25, -0.2) is 16.8 Å². The first-order chi connectivity index (χ1) is 24.9. The molecule has 0 aliphatic carbocycles. The Labute approximate surface area is 298 Å². The van der Waals surface area contributed by atoms with Gasteiger partial charge in [0.1, 0.15) is 22.6 Å². The molecule has 52 heavy (non-hydrogen) atoms. The van der Waals surface area contributed by atoms with Crippen LogP contribution in [0.25, 0.3) is 22.5 Å². The van der Waals surface area contributed by atoms with Crippen molar-refractivity contribution >= 4 is 31.5 Å². The van der Waals surface area contributed by atoms with Gasteiger partial charge in [0.15, 0.2) is 19.7 Å². The number of rotatable bonds is 13. The second kappa shape index (κ2) is 15.2. The van der Waals surface area contributed by atoms with Crippen LogP contribution in [0.5, 0.6) is 11.5 Å². The summed E-state index contributed by atoms with van der Waals surface area (Å²) in [6.07, 6.45) is 3.99. The molecule has 2 atom stereocenters. The predicted octanol–water partition coefficient (Wildman–Crippen LogP) is 2.72. The number of H-pyrrole nitrogens is 2. The quantitative estimate of drug-likeness (QED) is 0.147. The molecule has 4 aromatic rings. The van der Waals surface area contributed by atoms with Crippen LogP contribution in [0.3, 0.4) is 0 Å². The molecule has 16 heteroatoms. The van der Waals surface area contributed by atoms with Crippen LogP contribution in [0.15, 0.2) is 105 Å². The summed E-state index contributed by atoms with van der Waals surface area (Å²) in [7, 11) is -6.73. The van der Waals surface area contributed by atoms with Crippen LogP contribution >= 0.6 is 0 Å². The van der Waals surface area contributed by atoms with Gasteiger partial charge in [0.25, 0.3) is 22.9 Å². The van der Waals surface area contributed by atoms with Crippen molar-refractivity contribution in [2.75, 3.05) is 24.7 Å². The highest BCUT2D eigenvalue weighted by molar-refractivity contribution is 7.94. The Kier molecular flexibility index (Phi) is 10.6. The van der Waals surface area contributed by atoms with E-state index in [9.17, 15) is 36.0 Å². The summed E-state index contributed by atoms with van der Waals surface area (Å²) in [5, 5.41) is 7.18. The van der Waals surface area contributed by atoms with Crippen molar-refractivity contribution < 1.29 is 35.9 Å². The van der Waals surface area contributed by atoms with Crippen LogP contribution in [0.2, 0.25) is 0 Å². The van der Waals surface area contributed by atoms with Crippen molar-refractivity contribution in [1.29, 1.82) is 0 Å². The fourth-order valence-electron chi connectivity index (χ4n) is 5.64. The Morgan fingerprint density at radius 1 is 0.615 bits per heavy atom.